The molecule has 1 atom stereocenters. The van der Waals surface area contributed by atoms with Crippen LogP contribution >= 0.6 is 11.8 Å². The third kappa shape index (κ3) is 4.93. The Kier molecular flexibility index (Phi) is 6.34. The van der Waals surface area contributed by atoms with Crippen molar-refractivity contribution in [3.05, 3.63) is 42.0 Å². The van der Waals surface area contributed by atoms with Crippen LogP contribution in [0.1, 0.15) is 26.2 Å². The van der Waals surface area contributed by atoms with Crippen molar-refractivity contribution in [3.63, 3.8) is 0 Å². The molecule has 1 aromatic heterocycles. The monoisotopic (exact) mass is 303 g/mol. The van der Waals surface area contributed by atoms with Crippen molar-refractivity contribution in [3.8, 4) is 5.75 Å². The van der Waals surface area contributed by atoms with E-state index in [0.717, 1.165) is 23.8 Å². The first-order valence-corrected chi connectivity index (χ1v) is 8.01. The van der Waals surface area contributed by atoms with Crippen molar-refractivity contribution in [2.24, 2.45) is 4.99 Å². The van der Waals surface area contributed by atoms with Crippen LogP contribution in [0.2, 0.25) is 0 Å². The van der Waals surface area contributed by atoms with Gasteiger partial charge in [-0.3, -0.25) is 4.99 Å². The summed E-state index contributed by atoms with van der Waals surface area (Å²) in [4.78, 5) is 8.58. The summed E-state index contributed by atoms with van der Waals surface area (Å²) in [6.45, 7) is 1.98. The minimum absolute atomic E-state index is 0.133. The highest BCUT2D eigenvalue weighted by atomic mass is 32.2. The third-order valence-electron chi connectivity index (χ3n) is 3.00. The lowest BCUT2D eigenvalue weighted by molar-refractivity contribution is 0.230. The zero-order chi connectivity index (χ0) is 14.9. The minimum Gasteiger partial charge on any atom is -0.482 e. The summed E-state index contributed by atoms with van der Waals surface area (Å²) in [6, 6.07) is 3.82. The molecule has 0 fully saturated rings. The molecule has 0 amide bonds. The smallest absolute Gasteiger partial charge is 0.174 e. The Morgan fingerprint density at radius 3 is 3.19 bits per heavy atom. The normalized spacial score (nSPS) is 19.0. The number of hydrogen-bond acceptors (Lipinski definition) is 4. The predicted octanol–water partition coefficient (Wildman–Crippen LogP) is 4.23. The molecule has 0 radical (unpaired) electrons. The van der Waals surface area contributed by atoms with E-state index >= 15 is 0 Å². The van der Waals surface area contributed by atoms with Crippen molar-refractivity contribution in [1.82, 2.24) is 4.98 Å². The summed E-state index contributed by atoms with van der Waals surface area (Å²) in [5, 5.41) is 5.99. The number of anilines is 1. The van der Waals surface area contributed by atoms with Crippen molar-refractivity contribution < 1.29 is 4.74 Å². The van der Waals surface area contributed by atoms with E-state index in [1.54, 1.807) is 13.2 Å². The molecule has 1 N–H and O–H groups in total. The number of aromatic nitrogens is 1. The number of aliphatic imine (C=N–C) groups is 1. The lowest BCUT2D eigenvalue weighted by Gasteiger charge is -2.20. The highest BCUT2D eigenvalue weighted by Crippen LogP contribution is 2.26. The molecule has 21 heavy (non-hydrogen) atoms. The molecule has 1 aliphatic rings. The number of pyridine rings is 1. The van der Waals surface area contributed by atoms with Gasteiger partial charge >= 0.3 is 0 Å². The Balaban J connectivity index is 2.08. The van der Waals surface area contributed by atoms with Crippen LogP contribution in [-0.4, -0.2) is 23.3 Å². The quantitative estimate of drug-likeness (QED) is 0.513. The number of allylic oxidation sites excluding steroid dienone is 2. The van der Waals surface area contributed by atoms with E-state index in [2.05, 4.69) is 27.4 Å². The Labute approximate surface area is 130 Å². The van der Waals surface area contributed by atoms with Gasteiger partial charge in [-0.05, 0) is 49.8 Å². The summed E-state index contributed by atoms with van der Waals surface area (Å²) in [6.07, 6.45) is 11.5. The van der Waals surface area contributed by atoms with E-state index in [1.807, 2.05) is 30.5 Å². The summed E-state index contributed by atoms with van der Waals surface area (Å²) in [7, 11) is 1.76. The van der Waals surface area contributed by atoms with Gasteiger partial charge in [0.15, 0.2) is 16.7 Å². The second-order valence-electron chi connectivity index (χ2n) is 4.61. The molecule has 1 aromatic rings. The zero-order valence-corrected chi connectivity index (χ0v) is 13.3. The molecular weight excluding hydrogens is 282 g/mol. The molecule has 0 saturated heterocycles. The van der Waals surface area contributed by atoms with Crippen LogP contribution in [0.4, 0.5) is 5.82 Å². The fourth-order valence-electron chi connectivity index (χ4n) is 1.99. The SMILES string of the molecule is C/C=C/SC(=NC)Nc1ncccc1OC1C=CCCC1. The van der Waals surface area contributed by atoms with Crippen LogP contribution in [-0.2, 0) is 0 Å². The number of hydrogen-bond donors (Lipinski definition) is 1. The topological polar surface area (TPSA) is 46.5 Å². The first-order chi connectivity index (χ1) is 10.3. The second-order valence-corrected chi connectivity index (χ2v) is 5.50. The van der Waals surface area contributed by atoms with E-state index in [4.69, 9.17) is 4.74 Å². The maximum absolute atomic E-state index is 6.04. The molecular formula is C16H21N3OS. The van der Waals surface area contributed by atoms with E-state index in [1.165, 1.54) is 18.2 Å². The zero-order valence-electron chi connectivity index (χ0n) is 12.5. The maximum atomic E-state index is 6.04. The van der Waals surface area contributed by atoms with Crippen LogP contribution in [0.15, 0.2) is 47.0 Å². The number of nitrogens with zero attached hydrogens (tertiary/aromatic N) is 2. The lowest BCUT2D eigenvalue weighted by atomic mass is 10.1. The van der Waals surface area contributed by atoms with Crippen molar-refractivity contribution in [2.45, 2.75) is 32.3 Å². The van der Waals surface area contributed by atoms with Gasteiger partial charge in [-0.2, -0.15) is 0 Å². The predicted molar refractivity (Wildman–Crippen MR) is 91.0 cm³/mol. The van der Waals surface area contributed by atoms with E-state index in [9.17, 15) is 0 Å². The number of thioether (sulfide) groups is 1. The van der Waals surface area contributed by atoms with Crippen LogP contribution in [0.3, 0.4) is 0 Å². The largest absolute Gasteiger partial charge is 0.482 e. The van der Waals surface area contributed by atoms with Gasteiger partial charge in [-0.25, -0.2) is 4.98 Å². The Bertz CT molecular complexity index is 540. The van der Waals surface area contributed by atoms with Gasteiger partial charge in [0.2, 0.25) is 0 Å². The molecule has 112 valence electrons. The van der Waals surface area contributed by atoms with Crippen LogP contribution in [0.5, 0.6) is 5.75 Å². The Morgan fingerprint density at radius 1 is 1.57 bits per heavy atom. The van der Waals surface area contributed by atoms with Crippen molar-refractivity contribution in [1.29, 1.82) is 0 Å². The average Bonchev–Trinajstić information content (AvgIpc) is 2.54. The molecule has 0 spiro atoms. The third-order valence-corrected chi connectivity index (χ3v) is 3.92. The molecule has 0 aromatic carbocycles. The highest BCUT2D eigenvalue weighted by Gasteiger charge is 2.13. The second kappa shape index (κ2) is 8.52. The molecule has 1 aliphatic carbocycles. The van der Waals surface area contributed by atoms with Gasteiger partial charge in [-0.1, -0.05) is 23.9 Å². The fraction of sp³-hybridized carbons (Fsp3) is 0.375. The molecule has 0 aliphatic heterocycles. The summed E-state index contributed by atoms with van der Waals surface area (Å²) < 4.78 is 6.04. The number of nitrogens with one attached hydrogen (secondary N) is 1. The van der Waals surface area contributed by atoms with Crippen molar-refractivity contribution >= 4 is 22.7 Å². The van der Waals surface area contributed by atoms with Crippen molar-refractivity contribution in [2.75, 3.05) is 12.4 Å². The molecule has 0 saturated carbocycles. The Hall–Kier alpha value is -1.75. The summed E-state index contributed by atoms with van der Waals surface area (Å²) in [5.41, 5.74) is 0. The molecule has 4 nitrogen and oxygen atoms in total. The van der Waals surface area contributed by atoms with Gasteiger partial charge < -0.3 is 10.1 Å². The van der Waals surface area contributed by atoms with Gasteiger partial charge in [0, 0.05) is 13.2 Å². The number of ether oxygens (including phenoxy) is 1. The molecule has 1 heterocycles. The highest BCUT2D eigenvalue weighted by molar-refractivity contribution is 8.16. The first-order valence-electron chi connectivity index (χ1n) is 7.13. The van der Waals surface area contributed by atoms with Gasteiger partial charge in [0.25, 0.3) is 0 Å². The lowest BCUT2D eigenvalue weighted by Crippen LogP contribution is -2.17. The Morgan fingerprint density at radius 2 is 2.48 bits per heavy atom. The minimum atomic E-state index is 0.133. The molecule has 5 heteroatoms. The van der Waals surface area contributed by atoms with Crippen LogP contribution in [0.25, 0.3) is 0 Å². The fourth-order valence-corrected chi connectivity index (χ4v) is 2.52. The van der Waals surface area contributed by atoms with Gasteiger partial charge in [-0.15, -0.1) is 0 Å². The molecule has 2 rings (SSSR count). The maximum Gasteiger partial charge on any atom is 0.174 e. The standard InChI is InChI=1S/C16H21N3OS/c1-3-12-21-16(17-2)19-15-14(10-7-11-18-15)20-13-8-5-4-6-9-13/h3,5,7-8,10-13H,4,6,9H2,1-2H3,(H,17,18,19)/b12-3+. The number of amidine groups is 1. The summed E-state index contributed by atoms with van der Waals surface area (Å²) in [5.74, 6) is 1.46. The molecule has 0 bridgehead atoms. The van der Waals surface area contributed by atoms with Gasteiger partial charge in [0.05, 0.1) is 0 Å². The first kappa shape index (κ1) is 15.6. The number of rotatable bonds is 4. The van der Waals surface area contributed by atoms with E-state index in [-0.39, 0.29) is 6.10 Å². The van der Waals surface area contributed by atoms with E-state index in [0.29, 0.717) is 5.82 Å². The molecule has 1 unspecified atom stereocenters. The van der Waals surface area contributed by atoms with E-state index < -0.39 is 0 Å². The summed E-state index contributed by atoms with van der Waals surface area (Å²) >= 11 is 1.52. The van der Waals surface area contributed by atoms with Gasteiger partial charge in [0.1, 0.15) is 6.10 Å². The van der Waals surface area contributed by atoms with Crippen LogP contribution in [0, 0.1) is 0 Å². The van der Waals surface area contributed by atoms with Crippen LogP contribution < -0.4 is 10.1 Å². The average molecular weight is 303 g/mol.